The number of benzene rings is 2. The van der Waals surface area contributed by atoms with Gasteiger partial charge >= 0.3 is 6.09 Å². The highest BCUT2D eigenvalue weighted by Gasteiger charge is 2.56. The van der Waals surface area contributed by atoms with Crippen LogP contribution < -0.4 is 0 Å². The molecule has 4 aromatic rings. The first-order valence-corrected chi connectivity index (χ1v) is 15.3. The summed E-state index contributed by atoms with van der Waals surface area (Å²) in [7, 11) is 2.23. The number of amides is 1. The summed E-state index contributed by atoms with van der Waals surface area (Å²) in [6.45, 7) is 5.74. The van der Waals surface area contributed by atoms with Crippen molar-refractivity contribution in [2.75, 3.05) is 7.05 Å². The summed E-state index contributed by atoms with van der Waals surface area (Å²) >= 11 is 0. The highest BCUT2D eigenvalue weighted by molar-refractivity contribution is 5.72. The minimum absolute atomic E-state index is 0.0641. The number of ether oxygens (including phenoxy) is 1. The summed E-state index contributed by atoms with van der Waals surface area (Å²) in [5, 5.41) is 0. The number of hydrogen-bond acceptors (Lipinski definition) is 5. The zero-order chi connectivity index (χ0) is 28.7. The molecular weight excluding hydrogens is 524 g/mol. The molecule has 0 spiro atoms. The van der Waals surface area contributed by atoms with E-state index >= 15 is 0 Å². The van der Waals surface area contributed by atoms with Gasteiger partial charge in [0.2, 0.25) is 0 Å². The smallest absolute Gasteiger partial charge is 0.411 e. The molecule has 8 heteroatoms. The molecule has 4 fully saturated rings. The van der Waals surface area contributed by atoms with Crippen LogP contribution in [0.5, 0.6) is 0 Å². The van der Waals surface area contributed by atoms with Gasteiger partial charge in [0.05, 0.1) is 35.9 Å². The van der Waals surface area contributed by atoms with Crippen LogP contribution in [-0.2, 0) is 4.74 Å². The Morgan fingerprint density at radius 3 is 1.74 bits per heavy atom. The van der Waals surface area contributed by atoms with Crippen LogP contribution in [0.15, 0.2) is 60.9 Å². The van der Waals surface area contributed by atoms with E-state index in [4.69, 9.17) is 14.7 Å². The zero-order valence-corrected chi connectivity index (χ0v) is 24.7. The Kier molecular flexibility index (Phi) is 5.70. The number of rotatable bonds is 5. The molecule has 2 unspecified atom stereocenters. The first kappa shape index (κ1) is 25.8. The van der Waals surface area contributed by atoms with Gasteiger partial charge in [-0.25, -0.2) is 14.8 Å². The molecule has 2 saturated carbocycles. The van der Waals surface area contributed by atoms with Gasteiger partial charge in [0.1, 0.15) is 17.2 Å². The third kappa shape index (κ3) is 4.53. The summed E-state index contributed by atoms with van der Waals surface area (Å²) < 4.78 is 5.72. The van der Waals surface area contributed by atoms with Crippen molar-refractivity contribution in [3.8, 4) is 33.6 Å². The molecular formula is C34H38N6O2. The van der Waals surface area contributed by atoms with Gasteiger partial charge in [-0.1, -0.05) is 48.5 Å². The first-order valence-electron chi connectivity index (χ1n) is 15.3. The number of H-pyrrole nitrogens is 2. The number of imidazole rings is 2. The number of carbonyl (C=O) groups is 1. The molecule has 4 aliphatic rings. The van der Waals surface area contributed by atoms with E-state index in [1.165, 1.54) is 18.4 Å². The molecule has 8 nitrogen and oxygen atoms in total. The van der Waals surface area contributed by atoms with Gasteiger partial charge in [0, 0.05) is 12.1 Å². The third-order valence-corrected chi connectivity index (χ3v) is 9.68. The van der Waals surface area contributed by atoms with Gasteiger partial charge in [-0.15, -0.1) is 0 Å². The minimum atomic E-state index is -0.514. The van der Waals surface area contributed by atoms with E-state index in [0.29, 0.717) is 12.0 Å². The second-order valence-electron chi connectivity index (χ2n) is 13.7. The number of hydrogen-bond donors (Lipinski definition) is 2. The Morgan fingerprint density at radius 1 is 0.738 bits per heavy atom. The first-order chi connectivity index (χ1) is 20.2. The molecule has 2 N–H and O–H groups in total. The molecule has 2 aromatic carbocycles. The molecule has 1 amide bonds. The topological polar surface area (TPSA) is 90.1 Å². The maximum Gasteiger partial charge on any atom is 0.411 e. The second-order valence-corrected chi connectivity index (χ2v) is 13.7. The van der Waals surface area contributed by atoms with E-state index in [9.17, 15) is 4.79 Å². The van der Waals surface area contributed by atoms with Crippen molar-refractivity contribution in [3.05, 3.63) is 72.6 Å². The summed E-state index contributed by atoms with van der Waals surface area (Å²) in [5.74, 6) is 3.34. The molecule has 2 saturated heterocycles. The van der Waals surface area contributed by atoms with Gasteiger partial charge in [-0.2, -0.15) is 0 Å². The van der Waals surface area contributed by atoms with Crippen molar-refractivity contribution in [1.82, 2.24) is 29.7 Å². The van der Waals surface area contributed by atoms with E-state index in [0.717, 1.165) is 64.5 Å². The van der Waals surface area contributed by atoms with Crippen LogP contribution in [0.25, 0.3) is 33.6 Å². The van der Waals surface area contributed by atoms with Crippen LogP contribution >= 0.6 is 0 Å². The van der Waals surface area contributed by atoms with Crippen LogP contribution in [0.3, 0.4) is 0 Å². The van der Waals surface area contributed by atoms with Crippen LogP contribution in [-0.4, -0.2) is 60.6 Å². The van der Waals surface area contributed by atoms with Gasteiger partial charge < -0.3 is 14.7 Å². The molecule has 6 atom stereocenters. The largest absolute Gasteiger partial charge is 0.444 e. The molecule has 42 heavy (non-hydrogen) atoms. The van der Waals surface area contributed by atoms with Crippen LogP contribution in [0.2, 0.25) is 0 Å². The molecule has 4 heterocycles. The minimum Gasteiger partial charge on any atom is -0.444 e. The lowest BCUT2D eigenvalue weighted by molar-refractivity contribution is 0.0175. The van der Waals surface area contributed by atoms with Crippen LogP contribution in [0, 0.1) is 11.8 Å². The molecule has 2 aliphatic carbocycles. The predicted octanol–water partition coefficient (Wildman–Crippen LogP) is 6.97. The molecule has 2 aliphatic heterocycles. The number of nitrogens with zero attached hydrogens (tertiary/aromatic N) is 4. The normalized spacial score (nSPS) is 28.0. The third-order valence-electron chi connectivity index (χ3n) is 9.68. The fourth-order valence-electron chi connectivity index (χ4n) is 7.24. The Balaban J connectivity index is 0.951. The Hall–Kier alpha value is -3.91. The molecule has 216 valence electrons. The lowest BCUT2D eigenvalue weighted by Gasteiger charge is -2.29. The molecule has 0 radical (unpaired) electrons. The number of likely N-dealkylation sites (tertiary alicyclic amines) is 2. The van der Waals surface area contributed by atoms with Gasteiger partial charge in [-0.3, -0.25) is 9.80 Å². The van der Waals surface area contributed by atoms with Crippen molar-refractivity contribution < 1.29 is 9.53 Å². The summed E-state index contributed by atoms with van der Waals surface area (Å²) in [6.07, 6.45) is 8.17. The zero-order valence-electron chi connectivity index (χ0n) is 24.7. The maximum absolute atomic E-state index is 13.0. The van der Waals surface area contributed by atoms with Crippen molar-refractivity contribution in [3.63, 3.8) is 0 Å². The lowest BCUT2D eigenvalue weighted by Crippen LogP contribution is -2.38. The van der Waals surface area contributed by atoms with Crippen LogP contribution in [0.4, 0.5) is 4.79 Å². The summed E-state index contributed by atoms with van der Waals surface area (Å²) in [4.78, 5) is 33.9. The van der Waals surface area contributed by atoms with E-state index < -0.39 is 5.60 Å². The van der Waals surface area contributed by atoms with E-state index in [1.54, 1.807) is 0 Å². The number of piperidine rings is 2. The Labute approximate surface area is 246 Å². The number of nitrogens with one attached hydrogen (secondary N) is 2. The molecule has 0 bridgehead atoms. The van der Waals surface area contributed by atoms with E-state index in [-0.39, 0.29) is 18.2 Å². The standard InChI is InChI=1S/C34H38N6O2/c1-34(2,3)42-33(41)40-28-14-24(28)16-30(40)32-36-18-26(38-32)22-11-7-20(8-12-22)19-5-9-21(10-6-19)25-17-35-31(37-25)29-15-23-13-27(23)39(29)4/h5-12,17-18,23-24,27-30H,13-16H2,1-4H3,(H,35,37)(H,36,38)/t23-,24-,27-,28-,29?,30?/m0/s1. The van der Waals surface area contributed by atoms with Crippen molar-refractivity contribution in [2.24, 2.45) is 11.8 Å². The fraction of sp³-hybridized carbons (Fsp3) is 0.441. The number of fused-ring (bicyclic) bond motifs is 2. The number of aromatic amines is 2. The molecule has 2 aromatic heterocycles. The number of aromatic nitrogens is 4. The highest BCUT2D eigenvalue weighted by Crippen LogP contribution is 2.54. The van der Waals surface area contributed by atoms with Crippen molar-refractivity contribution in [1.29, 1.82) is 0 Å². The molecule has 8 rings (SSSR count). The summed E-state index contributed by atoms with van der Waals surface area (Å²) in [5.41, 5.74) is 6.06. The highest BCUT2D eigenvalue weighted by atomic mass is 16.6. The van der Waals surface area contributed by atoms with E-state index in [1.807, 2.05) is 38.1 Å². The van der Waals surface area contributed by atoms with Gasteiger partial charge in [0.15, 0.2) is 0 Å². The van der Waals surface area contributed by atoms with Gasteiger partial charge in [0.25, 0.3) is 0 Å². The predicted molar refractivity (Wildman–Crippen MR) is 161 cm³/mol. The average molecular weight is 563 g/mol. The SMILES string of the molecule is CN1C(c2ncc(-c3ccc(-c4ccc(-c5cnc(C6C[C@@H]7C[C@@H]7N6C(=O)OC(C)(C)C)[nH]5)cc4)cc3)[nH]2)C[C@@H]2C[C@@H]21. The quantitative estimate of drug-likeness (QED) is 0.274. The van der Waals surface area contributed by atoms with Crippen molar-refractivity contribution >= 4 is 6.09 Å². The summed E-state index contributed by atoms with van der Waals surface area (Å²) in [6, 6.07) is 18.6. The second kappa shape index (κ2) is 9.30. The lowest BCUT2D eigenvalue weighted by atomic mass is 10.0. The van der Waals surface area contributed by atoms with Crippen molar-refractivity contribution in [2.45, 2.75) is 76.2 Å². The average Bonchev–Trinajstić information content (AvgIpc) is 3.60. The fourth-order valence-corrected chi connectivity index (χ4v) is 7.24. The Morgan fingerprint density at radius 2 is 1.21 bits per heavy atom. The maximum atomic E-state index is 13.0. The van der Waals surface area contributed by atoms with Crippen LogP contribution in [0.1, 0.15) is 70.2 Å². The monoisotopic (exact) mass is 562 g/mol. The Bertz CT molecular complexity index is 1630. The number of carbonyl (C=O) groups excluding carboxylic acids is 1. The van der Waals surface area contributed by atoms with E-state index in [2.05, 4.69) is 70.4 Å². The van der Waals surface area contributed by atoms with Gasteiger partial charge in [-0.05, 0) is 87.6 Å².